The highest BCUT2D eigenvalue weighted by Crippen LogP contribution is 2.25. The molecule has 1 aliphatic carbocycles. The molecule has 1 heterocycles. The molecule has 5 nitrogen and oxygen atoms in total. The van der Waals surface area contributed by atoms with Gasteiger partial charge in [-0.2, -0.15) is 0 Å². The summed E-state index contributed by atoms with van der Waals surface area (Å²) in [6.07, 6.45) is 4.47. The second kappa shape index (κ2) is 7.12. The van der Waals surface area contributed by atoms with Crippen LogP contribution in [0.5, 0.6) is 0 Å². The van der Waals surface area contributed by atoms with Gasteiger partial charge >= 0.3 is 0 Å². The topological polar surface area (TPSA) is 70.7 Å². The highest BCUT2D eigenvalue weighted by molar-refractivity contribution is 8.00. The molecular weight excluding hydrogens is 315 g/mol. The quantitative estimate of drug-likeness (QED) is 0.824. The molecule has 1 fully saturated rings. The molecule has 7 heteroatoms. The van der Waals surface area contributed by atoms with Crippen molar-refractivity contribution in [2.24, 2.45) is 0 Å². The van der Waals surface area contributed by atoms with Crippen LogP contribution < -0.4 is 5.32 Å². The van der Waals surface area contributed by atoms with Crippen molar-refractivity contribution in [1.29, 1.82) is 0 Å². The SMILES string of the molecule is C[C@@H](Sc1n[nH]c(-c2ccccc2F)n1)C(=O)NC1CCCC1. The Labute approximate surface area is 138 Å². The fourth-order valence-corrected chi connectivity index (χ4v) is 3.41. The molecule has 2 aromatic rings. The van der Waals surface area contributed by atoms with Gasteiger partial charge in [-0.3, -0.25) is 9.89 Å². The smallest absolute Gasteiger partial charge is 0.233 e. The van der Waals surface area contributed by atoms with E-state index in [0.717, 1.165) is 12.8 Å². The molecule has 3 rings (SSSR count). The summed E-state index contributed by atoms with van der Waals surface area (Å²) in [6, 6.07) is 6.68. The number of nitrogens with zero attached hydrogens (tertiary/aromatic N) is 2. The van der Waals surface area contributed by atoms with Crippen molar-refractivity contribution < 1.29 is 9.18 Å². The van der Waals surface area contributed by atoms with Crippen molar-refractivity contribution in [3.63, 3.8) is 0 Å². The third-order valence-electron chi connectivity index (χ3n) is 3.95. The van der Waals surface area contributed by atoms with Gasteiger partial charge in [0.2, 0.25) is 11.1 Å². The summed E-state index contributed by atoms with van der Waals surface area (Å²) < 4.78 is 13.7. The number of benzene rings is 1. The van der Waals surface area contributed by atoms with E-state index < -0.39 is 0 Å². The summed E-state index contributed by atoms with van der Waals surface area (Å²) in [5, 5.41) is 10.0. The first-order chi connectivity index (χ1) is 11.1. The number of rotatable bonds is 5. The maximum atomic E-state index is 13.7. The summed E-state index contributed by atoms with van der Waals surface area (Å²) >= 11 is 1.27. The fourth-order valence-electron chi connectivity index (χ4n) is 2.67. The number of aromatic nitrogens is 3. The van der Waals surface area contributed by atoms with E-state index in [9.17, 15) is 9.18 Å². The van der Waals surface area contributed by atoms with Crippen LogP contribution in [0.15, 0.2) is 29.4 Å². The number of thioether (sulfide) groups is 1. The van der Waals surface area contributed by atoms with Gasteiger partial charge in [-0.15, -0.1) is 5.10 Å². The molecule has 23 heavy (non-hydrogen) atoms. The van der Waals surface area contributed by atoms with E-state index in [1.807, 2.05) is 6.92 Å². The van der Waals surface area contributed by atoms with Gasteiger partial charge in [-0.1, -0.05) is 36.7 Å². The Morgan fingerprint density at radius 2 is 2.13 bits per heavy atom. The molecule has 0 aliphatic heterocycles. The largest absolute Gasteiger partial charge is 0.352 e. The zero-order valence-electron chi connectivity index (χ0n) is 12.9. The van der Waals surface area contributed by atoms with Crippen LogP contribution in [0.25, 0.3) is 11.4 Å². The number of carbonyl (C=O) groups is 1. The van der Waals surface area contributed by atoms with E-state index in [0.29, 0.717) is 22.6 Å². The van der Waals surface area contributed by atoms with E-state index >= 15 is 0 Å². The van der Waals surface area contributed by atoms with Gasteiger partial charge in [0.15, 0.2) is 5.82 Å². The van der Waals surface area contributed by atoms with Crippen LogP contribution in [0.2, 0.25) is 0 Å². The van der Waals surface area contributed by atoms with E-state index in [1.54, 1.807) is 18.2 Å². The van der Waals surface area contributed by atoms with Crippen LogP contribution in [-0.2, 0) is 4.79 Å². The van der Waals surface area contributed by atoms with Crippen LogP contribution in [0, 0.1) is 5.82 Å². The lowest BCUT2D eigenvalue weighted by molar-refractivity contribution is -0.120. The second-order valence-electron chi connectivity index (χ2n) is 5.70. The third kappa shape index (κ3) is 3.90. The summed E-state index contributed by atoms with van der Waals surface area (Å²) in [7, 11) is 0. The summed E-state index contributed by atoms with van der Waals surface area (Å²) in [4.78, 5) is 16.4. The summed E-state index contributed by atoms with van der Waals surface area (Å²) in [5.74, 6) is 0.0142. The number of amides is 1. The van der Waals surface area contributed by atoms with Crippen LogP contribution in [0.3, 0.4) is 0 Å². The minimum atomic E-state index is -0.354. The first-order valence-corrected chi connectivity index (χ1v) is 8.66. The van der Waals surface area contributed by atoms with E-state index in [2.05, 4.69) is 20.5 Å². The maximum absolute atomic E-state index is 13.7. The lowest BCUT2D eigenvalue weighted by atomic mass is 10.2. The van der Waals surface area contributed by atoms with Gasteiger partial charge in [0, 0.05) is 6.04 Å². The van der Waals surface area contributed by atoms with Crippen LogP contribution in [0.1, 0.15) is 32.6 Å². The van der Waals surface area contributed by atoms with Gasteiger partial charge in [0.1, 0.15) is 5.82 Å². The van der Waals surface area contributed by atoms with Crippen molar-refractivity contribution >= 4 is 17.7 Å². The zero-order chi connectivity index (χ0) is 16.2. The van der Waals surface area contributed by atoms with Crippen molar-refractivity contribution in [1.82, 2.24) is 20.5 Å². The van der Waals surface area contributed by atoms with E-state index in [1.165, 1.54) is 30.7 Å². The zero-order valence-corrected chi connectivity index (χ0v) is 13.7. The average molecular weight is 334 g/mol. The Hall–Kier alpha value is -1.89. The Morgan fingerprint density at radius 1 is 1.39 bits per heavy atom. The number of aromatic amines is 1. The summed E-state index contributed by atoms with van der Waals surface area (Å²) in [6.45, 7) is 1.83. The monoisotopic (exact) mass is 334 g/mol. The Balaban J connectivity index is 1.62. The second-order valence-corrected chi connectivity index (χ2v) is 7.00. The van der Waals surface area contributed by atoms with Crippen molar-refractivity contribution in [3.8, 4) is 11.4 Å². The van der Waals surface area contributed by atoms with Crippen molar-refractivity contribution in [2.75, 3.05) is 0 Å². The molecule has 122 valence electrons. The van der Waals surface area contributed by atoms with Gasteiger partial charge < -0.3 is 5.32 Å². The molecule has 1 atom stereocenters. The van der Waals surface area contributed by atoms with Gasteiger partial charge in [0.25, 0.3) is 0 Å². The molecule has 1 saturated carbocycles. The standard InChI is InChI=1S/C16H19FN4OS/c1-10(15(22)18-11-6-2-3-7-11)23-16-19-14(20-21-16)12-8-4-5-9-13(12)17/h4-5,8-11H,2-3,6-7H2,1H3,(H,18,22)(H,19,20,21)/t10-/m1/s1. The number of hydrogen-bond acceptors (Lipinski definition) is 4. The van der Waals surface area contributed by atoms with Crippen LogP contribution >= 0.6 is 11.8 Å². The van der Waals surface area contributed by atoms with Crippen molar-refractivity contribution in [2.45, 2.75) is 49.1 Å². The maximum Gasteiger partial charge on any atom is 0.233 e. The van der Waals surface area contributed by atoms with Crippen LogP contribution in [-0.4, -0.2) is 32.4 Å². The lowest BCUT2D eigenvalue weighted by Crippen LogP contribution is -2.37. The van der Waals surface area contributed by atoms with Gasteiger partial charge in [-0.05, 0) is 31.9 Å². The Bertz CT molecular complexity index is 684. The normalized spacial score (nSPS) is 16.4. The predicted molar refractivity (Wildman–Crippen MR) is 87.5 cm³/mol. The van der Waals surface area contributed by atoms with Gasteiger partial charge in [-0.25, -0.2) is 9.37 Å². The average Bonchev–Trinajstić information content (AvgIpc) is 3.19. The molecule has 1 aliphatic rings. The molecule has 2 N–H and O–H groups in total. The Morgan fingerprint density at radius 3 is 2.87 bits per heavy atom. The lowest BCUT2D eigenvalue weighted by Gasteiger charge is -2.15. The number of nitrogens with one attached hydrogen (secondary N) is 2. The van der Waals surface area contributed by atoms with Crippen molar-refractivity contribution in [3.05, 3.63) is 30.1 Å². The van der Waals surface area contributed by atoms with E-state index in [-0.39, 0.29) is 17.0 Å². The molecule has 0 unspecified atom stereocenters. The number of carbonyl (C=O) groups excluding carboxylic acids is 1. The molecule has 1 aromatic heterocycles. The van der Waals surface area contributed by atoms with Crippen LogP contribution in [0.4, 0.5) is 4.39 Å². The molecule has 1 aromatic carbocycles. The first-order valence-electron chi connectivity index (χ1n) is 7.78. The summed E-state index contributed by atoms with van der Waals surface area (Å²) in [5.41, 5.74) is 0.370. The predicted octanol–water partition coefficient (Wildman–Crippen LogP) is 3.15. The van der Waals surface area contributed by atoms with E-state index in [4.69, 9.17) is 0 Å². The molecule has 0 bridgehead atoms. The molecule has 0 spiro atoms. The fraction of sp³-hybridized carbons (Fsp3) is 0.438. The van der Waals surface area contributed by atoms with Gasteiger partial charge in [0.05, 0.1) is 10.8 Å². The molecule has 0 radical (unpaired) electrons. The highest BCUT2D eigenvalue weighted by Gasteiger charge is 2.22. The molecule has 1 amide bonds. The molecule has 0 saturated heterocycles. The highest BCUT2D eigenvalue weighted by atomic mass is 32.2. The third-order valence-corrected chi connectivity index (χ3v) is 4.91. The first kappa shape index (κ1) is 16.0. The Kier molecular flexibility index (Phi) is 4.95. The number of halogens is 1. The number of H-pyrrole nitrogens is 1. The minimum Gasteiger partial charge on any atom is -0.352 e. The minimum absolute atomic E-state index is 0.000795. The molecular formula is C16H19FN4OS. The number of hydrogen-bond donors (Lipinski definition) is 2.